The SMILES string of the molecule is O=C(NCCC(=O)N1CCc2ccccc2C1)c1ccco1. The smallest absolute Gasteiger partial charge is 0.286 e. The third-order valence-corrected chi connectivity index (χ3v) is 3.85. The van der Waals surface area contributed by atoms with Crippen LogP contribution in [0, 0.1) is 0 Å². The Morgan fingerprint density at radius 2 is 1.95 bits per heavy atom. The summed E-state index contributed by atoms with van der Waals surface area (Å²) in [6, 6.07) is 11.5. The van der Waals surface area contributed by atoms with E-state index in [-0.39, 0.29) is 17.6 Å². The van der Waals surface area contributed by atoms with Crippen LogP contribution in [0.5, 0.6) is 0 Å². The van der Waals surface area contributed by atoms with Gasteiger partial charge in [0.15, 0.2) is 5.76 Å². The van der Waals surface area contributed by atoms with Gasteiger partial charge in [0.25, 0.3) is 5.91 Å². The van der Waals surface area contributed by atoms with Crippen molar-refractivity contribution >= 4 is 11.8 Å². The molecule has 1 aliphatic rings. The van der Waals surface area contributed by atoms with Gasteiger partial charge in [-0.2, -0.15) is 0 Å². The van der Waals surface area contributed by atoms with Gasteiger partial charge in [-0.1, -0.05) is 24.3 Å². The molecule has 0 atom stereocenters. The number of fused-ring (bicyclic) bond motifs is 1. The molecule has 0 bridgehead atoms. The number of benzene rings is 1. The molecule has 3 rings (SSSR count). The molecule has 0 aliphatic carbocycles. The molecule has 1 aromatic carbocycles. The summed E-state index contributed by atoms with van der Waals surface area (Å²) in [5, 5.41) is 2.69. The van der Waals surface area contributed by atoms with Crippen molar-refractivity contribution in [1.29, 1.82) is 0 Å². The number of carbonyl (C=O) groups is 2. The van der Waals surface area contributed by atoms with Gasteiger partial charge in [-0.3, -0.25) is 9.59 Å². The van der Waals surface area contributed by atoms with Crippen LogP contribution < -0.4 is 5.32 Å². The van der Waals surface area contributed by atoms with Gasteiger partial charge in [-0.15, -0.1) is 0 Å². The summed E-state index contributed by atoms with van der Waals surface area (Å²) in [5.74, 6) is 0.0374. The second-order valence-corrected chi connectivity index (χ2v) is 5.32. The van der Waals surface area contributed by atoms with Crippen molar-refractivity contribution in [2.24, 2.45) is 0 Å². The minimum atomic E-state index is -0.290. The lowest BCUT2D eigenvalue weighted by atomic mass is 10.00. The second kappa shape index (κ2) is 6.47. The maximum atomic E-state index is 12.2. The molecule has 22 heavy (non-hydrogen) atoms. The zero-order valence-corrected chi connectivity index (χ0v) is 12.2. The number of furan rings is 1. The van der Waals surface area contributed by atoms with Crippen LogP contribution in [-0.4, -0.2) is 29.8 Å². The zero-order chi connectivity index (χ0) is 15.4. The van der Waals surface area contributed by atoms with Crippen molar-refractivity contribution < 1.29 is 14.0 Å². The number of carbonyl (C=O) groups excluding carboxylic acids is 2. The van der Waals surface area contributed by atoms with E-state index >= 15 is 0 Å². The number of hydrogen-bond acceptors (Lipinski definition) is 3. The molecule has 5 heteroatoms. The van der Waals surface area contributed by atoms with Crippen molar-refractivity contribution in [2.45, 2.75) is 19.4 Å². The molecule has 0 saturated carbocycles. The zero-order valence-electron chi connectivity index (χ0n) is 12.2. The summed E-state index contributed by atoms with van der Waals surface area (Å²) in [6.45, 7) is 1.71. The summed E-state index contributed by atoms with van der Waals surface area (Å²) in [5.41, 5.74) is 2.53. The number of nitrogens with one attached hydrogen (secondary N) is 1. The summed E-state index contributed by atoms with van der Waals surface area (Å²) in [4.78, 5) is 25.8. The molecule has 0 fully saturated rings. The Morgan fingerprint density at radius 3 is 2.73 bits per heavy atom. The van der Waals surface area contributed by atoms with Crippen LogP contribution in [0.25, 0.3) is 0 Å². The largest absolute Gasteiger partial charge is 0.459 e. The Labute approximate surface area is 128 Å². The van der Waals surface area contributed by atoms with E-state index in [0.29, 0.717) is 19.5 Å². The minimum Gasteiger partial charge on any atom is -0.459 e. The molecule has 2 aromatic rings. The molecular weight excluding hydrogens is 280 g/mol. The second-order valence-electron chi connectivity index (χ2n) is 5.32. The molecule has 0 radical (unpaired) electrons. The molecule has 0 saturated heterocycles. The Kier molecular flexibility index (Phi) is 4.23. The molecule has 114 valence electrons. The molecule has 0 unspecified atom stereocenters. The lowest BCUT2D eigenvalue weighted by Gasteiger charge is -2.29. The van der Waals surface area contributed by atoms with E-state index in [1.807, 2.05) is 17.0 Å². The Hall–Kier alpha value is -2.56. The average molecular weight is 298 g/mol. The highest BCUT2D eigenvalue weighted by atomic mass is 16.3. The van der Waals surface area contributed by atoms with Crippen LogP contribution in [0.2, 0.25) is 0 Å². The predicted molar refractivity (Wildman–Crippen MR) is 81.2 cm³/mol. The van der Waals surface area contributed by atoms with Crippen molar-refractivity contribution in [3.63, 3.8) is 0 Å². The number of amides is 2. The molecule has 1 aliphatic heterocycles. The molecule has 1 N–H and O–H groups in total. The molecule has 0 spiro atoms. The molecular formula is C17H18N2O3. The van der Waals surface area contributed by atoms with E-state index in [1.165, 1.54) is 17.4 Å². The van der Waals surface area contributed by atoms with Crippen molar-refractivity contribution in [2.75, 3.05) is 13.1 Å². The number of nitrogens with zero attached hydrogens (tertiary/aromatic N) is 1. The van der Waals surface area contributed by atoms with Crippen LogP contribution in [0.4, 0.5) is 0 Å². The van der Waals surface area contributed by atoms with Crippen LogP contribution in [-0.2, 0) is 17.8 Å². The van der Waals surface area contributed by atoms with Gasteiger partial charge >= 0.3 is 0 Å². The van der Waals surface area contributed by atoms with Crippen molar-refractivity contribution in [1.82, 2.24) is 10.2 Å². The maximum absolute atomic E-state index is 12.2. The fourth-order valence-corrected chi connectivity index (χ4v) is 2.64. The van der Waals surface area contributed by atoms with E-state index in [0.717, 1.165) is 13.0 Å². The Morgan fingerprint density at radius 1 is 1.14 bits per heavy atom. The molecule has 2 heterocycles. The first kappa shape index (κ1) is 14.4. The van der Waals surface area contributed by atoms with Crippen molar-refractivity contribution in [3.8, 4) is 0 Å². The minimum absolute atomic E-state index is 0.0641. The third kappa shape index (κ3) is 3.19. The van der Waals surface area contributed by atoms with E-state index in [2.05, 4.69) is 17.4 Å². The Balaban J connectivity index is 1.48. The third-order valence-electron chi connectivity index (χ3n) is 3.85. The monoisotopic (exact) mass is 298 g/mol. The normalized spacial score (nSPS) is 13.5. The Bertz CT molecular complexity index is 664. The highest BCUT2D eigenvalue weighted by Gasteiger charge is 2.20. The fraction of sp³-hybridized carbons (Fsp3) is 0.294. The maximum Gasteiger partial charge on any atom is 0.286 e. The van der Waals surface area contributed by atoms with Gasteiger partial charge in [-0.05, 0) is 29.7 Å². The number of rotatable bonds is 4. The van der Waals surface area contributed by atoms with Gasteiger partial charge < -0.3 is 14.6 Å². The van der Waals surface area contributed by atoms with Crippen molar-refractivity contribution in [3.05, 3.63) is 59.5 Å². The van der Waals surface area contributed by atoms with E-state index in [9.17, 15) is 9.59 Å². The lowest BCUT2D eigenvalue weighted by molar-refractivity contribution is -0.131. The lowest BCUT2D eigenvalue weighted by Crippen LogP contribution is -2.38. The highest BCUT2D eigenvalue weighted by molar-refractivity contribution is 5.91. The summed E-state index contributed by atoms with van der Waals surface area (Å²) in [6.07, 6.45) is 2.64. The molecule has 1 aromatic heterocycles. The van der Waals surface area contributed by atoms with Gasteiger partial charge in [-0.25, -0.2) is 0 Å². The van der Waals surface area contributed by atoms with Crippen LogP contribution in [0.1, 0.15) is 28.1 Å². The quantitative estimate of drug-likeness (QED) is 0.939. The summed E-state index contributed by atoms with van der Waals surface area (Å²) < 4.78 is 5.00. The standard InChI is InChI=1S/C17H18N2O3/c20-16(7-9-18-17(21)15-6-3-11-22-15)19-10-8-13-4-1-2-5-14(13)12-19/h1-6,11H,7-10,12H2,(H,18,21). The first-order chi connectivity index (χ1) is 10.7. The van der Waals surface area contributed by atoms with E-state index in [4.69, 9.17) is 4.42 Å². The average Bonchev–Trinajstić information content (AvgIpc) is 3.08. The fourth-order valence-electron chi connectivity index (χ4n) is 2.64. The van der Waals surface area contributed by atoms with E-state index in [1.54, 1.807) is 12.1 Å². The molecule has 5 nitrogen and oxygen atoms in total. The van der Waals surface area contributed by atoms with Gasteiger partial charge in [0, 0.05) is 26.1 Å². The molecule has 2 amide bonds. The van der Waals surface area contributed by atoms with Crippen LogP contribution in [0.15, 0.2) is 47.1 Å². The predicted octanol–water partition coefficient (Wildman–Crippen LogP) is 1.98. The van der Waals surface area contributed by atoms with E-state index < -0.39 is 0 Å². The van der Waals surface area contributed by atoms with Crippen LogP contribution in [0.3, 0.4) is 0 Å². The first-order valence-corrected chi connectivity index (χ1v) is 7.40. The van der Waals surface area contributed by atoms with Gasteiger partial charge in [0.05, 0.1) is 6.26 Å². The topological polar surface area (TPSA) is 62.6 Å². The number of hydrogen-bond donors (Lipinski definition) is 1. The van der Waals surface area contributed by atoms with Gasteiger partial charge in [0.1, 0.15) is 0 Å². The first-order valence-electron chi connectivity index (χ1n) is 7.40. The highest BCUT2D eigenvalue weighted by Crippen LogP contribution is 2.18. The van der Waals surface area contributed by atoms with Gasteiger partial charge in [0.2, 0.25) is 5.91 Å². The summed E-state index contributed by atoms with van der Waals surface area (Å²) in [7, 11) is 0. The summed E-state index contributed by atoms with van der Waals surface area (Å²) >= 11 is 0. The van der Waals surface area contributed by atoms with Crippen LogP contribution >= 0.6 is 0 Å².